The molecule has 236 valence electrons. The Morgan fingerprint density at radius 1 is 0.681 bits per heavy atom. The van der Waals surface area contributed by atoms with Crippen LogP contribution in [0.5, 0.6) is 23.0 Å². The van der Waals surface area contributed by atoms with E-state index in [4.69, 9.17) is 18.9 Å². The van der Waals surface area contributed by atoms with Crippen molar-refractivity contribution < 1.29 is 51.3 Å². The molecule has 0 aliphatic carbocycles. The van der Waals surface area contributed by atoms with Crippen LogP contribution in [0.25, 0.3) is 0 Å². The van der Waals surface area contributed by atoms with Crippen molar-refractivity contribution in [3.05, 3.63) is 133 Å². The fourth-order valence-corrected chi connectivity index (χ4v) is 3.45. The Hall–Kier alpha value is -6.59. The van der Waals surface area contributed by atoms with Gasteiger partial charge in [0.15, 0.2) is 11.5 Å². The number of esters is 4. The Morgan fingerprint density at radius 2 is 1.15 bits per heavy atom. The van der Waals surface area contributed by atoms with E-state index in [0.29, 0.717) is 6.08 Å². The van der Waals surface area contributed by atoms with Gasteiger partial charge in [-0.2, -0.15) is 13.2 Å². The van der Waals surface area contributed by atoms with Crippen molar-refractivity contribution >= 4 is 23.9 Å². The van der Waals surface area contributed by atoms with E-state index in [9.17, 15) is 32.3 Å². The Bertz CT molecular complexity index is 1910. The van der Waals surface area contributed by atoms with E-state index in [1.165, 1.54) is 55.5 Å². The summed E-state index contributed by atoms with van der Waals surface area (Å²) in [5.74, 6) is 5.00. The zero-order chi connectivity index (χ0) is 34.7. The molecule has 0 atom stereocenters. The lowest BCUT2D eigenvalue weighted by atomic mass is 9.99. The van der Waals surface area contributed by atoms with E-state index < -0.39 is 58.2 Å². The number of benzene rings is 3. The first kappa shape index (κ1) is 34.9. The highest BCUT2D eigenvalue weighted by Gasteiger charge is 2.40. The molecule has 0 N–H and O–H groups in total. The molecule has 8 nitrogen and oxygen atoms in total. The summed E-state index contributed by atoms with van der Waals surface area (Å²) < 4.78 is 64.3. The third kappa shape index (κ3) is 9.70. The molecule has 0 saturated carbocycles. The SMILES string of the molecule is C=CC(=O)Oc1ccc(C#Cc2c(OC(=O)C=C)cc(C#Cc3ccc(OC(=O)C(=C)C)cc3)c(C(F)(F)F)c2OC(=O)C=C)cc1. The second kappa shape index (κ2) is 15.4. The third-order valence-corrected chi connectivity index (χ3v) is 5.60. The normalized spacial score (nSPS) is 10.0. The van der Waals surface area contributed by atoms with Crippen molar-refractivity contribution in [2.75, 3.05) is 0 Å². The molecule has 0 heterocycles. The molecule has 3 aromatic rings. The molecule has 3 aromatic carbocycles. The van der Waals surface area contributed by atoms with Crippen molar-refractivity contribution in [3.63, 3.8) is 0 Å². The number of carbonyl (C=O) groups is 4. The minimum Gasteiger partial charge on any atom is -0.423 e. The molecule has 0 unspecified atom stereocenters. The monoisotopic (exact) mass is 640 g/mol. The van der Waals surface area contributed by atoms with Gasteiger partial charge in [0.1, 0.15) is 22.6 Å². The van der Waals surface area contributed by atoms with Gasteiger partial charge in [-0.1, -0.05) is 50.0 Å². The largest absolute Gasteiger partial charge is 0.423 e. The second-order valence-corrected chi connectivity index (χ2v) is 9.09. The maximum Gasteiger partial charge on any atom is 0.421 e. The fraction of sp³-hybridized carbons (Fsp3) is 0.0556. The predicted octanol–water partition coefficient (Wildman–Crippen LogP) is 6.26. The number of carbonyl (C=O) groups excluding carboxylic acids is 4. The van der Waals surface area contributed by atoms with E-state index in [2.05, 4.69) is 50.0 Å². The van der Waals surface area contributed by atoms with Crippen LogP contribution >= 0.6 is 0 Å². The number of hydrogen-bond donors (Lipinski definition) is 0. The lowest BCUT2D eigenvalue weighted by molar-refractivity contribution is -0.141. The average molecular weight is 641 g/mol. The molecule has 11 heteroatoms. The maximum absolute atomic E-state index is 14.6. The van der Waals surface area contributed by atoms with Crippen LogP contribution in [0.1, 0.15) is 34.7 Å². The first-order chi connectivity index (χ1) is 22.2. The van der Waals surface area contributed by atoms with Crippen LogP contribution in [0.15, 0.2) is 105 Å². The van der Waals surface area contributed by atoms with Gasteiger partial charge in [0.2, 0.25) is 0 Å². The standard InChI is InChI=1S/C36H23F3O8/c1-6-30(40)44-26-16-10-24(11-17-26)14-20-28-29(46-31(41)7-2)21-25(33(36(37,38)39)34(28)47-32(42)8-3)15-9-23-12-18-27(19-13-23)45-35(43)22(4)5/h6-8,10-13,16-19,21H,1-4H2,5H3. The summed E-state index contributed by atoms with van der Waals surface area (Å²) in [5.41, 5.74) is -2.21. The highest BCUT2D eigenvalue weighted by Crippen LogP contribution is 2.44. The molecule has 3 rings (SSSR count). The van der Waals surface area contributed by atoms with E-state index in [-0.39, 0.29) is 28.2 Å². The van der Waals surface area contributed by atoms with E-state index in [0.717, 1.165) is 18.2 Å². The molecular formula is C36H23F3O8. The molecule has 0 spiro atoms. The topological polar surface area (TPSA) is 105 Å². The summed E-state index contributed by atoms with van der Waals surface area (Å²) in [4.78, 5) is 47.6. The van der Waals surface area contributed by atoms with Crippen molar-refractivity contribution in [2.45, 2.75) is 13.1 Å². The Morgan fingerprint density at radius 3 is 1.64 bits per heavy atom. The number of alkyl halides is 3. The van der Waals surface area contributed by atoms with Crippen LogP contribution in [-0.4, -0.2) is 23.9 Å². The summed E-state index contributed by atoms with van der Waals surface area (Å²) in [6.07, 6.45) is -2.80. The zero-order valence-electron chi connectivity index (χ0n) is 24.7. The van der Waals surface area contributed by atoms with Crippen molar-refractivity contribution in [2.24, 2.45) is 0 Å². The molecule has 0 amide bonds. The summed E-state index contributed by atoms with van der Waals surface area (Å²) in [6.45, 7) is 14.8. The van der Waals surface area contributed by atoms with Gasteiger partial charge in [0, 0.05) is 40.5 Å². The summed E-state index contributed by atoms with van der Waals surface area (Å²) >= 11 is 0. The van der Waals surface area contributed by atoms with Crippen LogP contribution in [0.3, 0.4) is 0 Å². The molecule has 0 bridgehead atoms. The van der Waals surface area contributed by atoms with Crippen molar-refractivity contribution in [3.8, 4) is 46.7 Å². The third-order valence-electron chi connectivity index (χ3n) is 5.60. The average Bonchev–Trinajstić information content (AvgIpc) is 3.03. The molecule has 0 aromatic heterocycles. The molecule has 47 heavy (non-hydrogen) atoms. The number of rotatable bonds is 8. The highest BCUT2D eigenvalue weighted by molar-refractivity contribution is 5.89. The Balaban J connectivity index is 2.23. The van der Waals surface area contributed by atoms with Crippen LogP contribution in [0.4, 0.5) is 13.2 Å². The van der Waals surface area contributed by atoms with Gasteiger partial charge in [-0.05, 0) is 61.5 Å². The van der Waals surface area contributed by atoms with Gasteiger partial charge in [0.05, 0.1) is 0 Å². The molecule has 0 radical (unpaired) electrons. The van der Waals surface area contributed by atoms with Gasteiger partial charge in [-0.25, -0.2) is 19.2 Å². The molecule has 0 aliphatic heterocycles. The smallest absolute Gasteiger partial charge is 0.421 e. The van der Waals surface area contributed by atoms with Crippen molar-refractivity contribution in [1.29, 1.82) is 0 Å². The fourth-order valence-electron chi connectivity index (χ4n) is 3.45. The van der Waals surface area contributed by atoms with Gasteiger partial charge < -0.3 is 18.9 Å². The van der Waals surface area contributed by atoms with Crippen LogP contribution in [0.2, 0.25) is 0 Å². The van der Waals surface area contributed by atoms with E-state index >= 15 is 0 Å². The number of halogens is 3. The van der Waals surface area contributed by atoms with Gasteiger partial charge >= 0.3 is 30.1 Å². The van der Waals surface area contributed by atoms with Crippen LogP contribution < -0.4 is 18.9 Å². The highest BCUT2D eigenvalue weighted by atomic mass is 19.4. The second-order valence-electron chi connectivity index (χ2n) is 9.09. The minimum absolute atomic E-state index is 0.145. The predicted molar refractivity (Wildman–Crippen MR) is 164 cm³/mol. The molecule has 0 aliphatic rings. The number of ether oxygens (including phenoxy) is 4. The van der Waals surface area contributed by atoms with Crippen molar-refractivity contribution in [1.82, 2.24) is 0 Å². The first-order valence-electron chi connectivity index (χ1n) is 13.2. The lowest BCUT2D eigenvalue weighted by Gasteiger charge is -2.18. The van der Waals surface area contributed by atoms with E-state index in [1.54, 1.807) is 0 Å². The van der Waals surface area contributed by atoms with Gasteiger partial charge in [0.25, 0.3) is 0 Å². The summed E-state index contributed by atoms with van der Waals surface area (Å²) in [7, 11) is 0. The maximum atomic E-state index is 14.6. The summed E-state index contributed by atoms with van der Waals surface area (Å²) in [6, 6.07) is 11.9. The summed E-state index contributed by atoms with van der Waals surface area (Å²) in [5, 5.41) is 0. The van der Waals surface area contributed by atoms with E-state index in [1.807, 2.05) is 0 Å². The lowest BCUT2D eigenvalue weighted by Crippen LogP contribution is -2.17. The zero-order valence-corrected chi connectivity index (χ0v) is 24.7. The minimum atomic E-state index is -5.16. The Kier molecular flexibility index (Phi) is 11.4. The van der Waals surface area contributed by atoms with Crippen LogP contribution in [0, 0.1) is 23.7 Å². The molecule has 0 saturated heterocycles. The van der Waals surface area contributed by atoms with Gasteiger partial charge in [-0.15, -0.1) is 0 Å². The Labute approximate surface area is 267 Å². The molecule has 0 fully saturated rings. The quantitative estimate of drug-likeness (QED) is 0.123. The molecular weight excluding hydrogens is 617 g/mol. The number of hydrogen-bond acceptors (Lipinski definition) is 8. The van der Waals surface area contributed by atoms with Gasteiger partial charge in [-0.3, -0.25) is 0 Å². The van der Waals surface area contributed by atoms with Crippen LogP contribution in [-0.2, 0) is 25.4 Å². The first-order valence-corrected chi connectivity index (χ1v) is 13.2.